The summed E-state index contributed by atoms with van der Waals surface area (Å²) in [6.07, 6.45) is -0.667. The minimum Gasteiger partial charge on any atom is -0.375 e. The summed E-state index contributed by atoms with van der Waals surface area (Å²) in [7, 11) is 1.43. The van der Waals surface area contributed by atoms with E-state index >= 15 is 0 Å². The molecule has 0 saturated carbocycles. The lowest BCUT2D eigenvalue weighted by Gasteiger charge is -2.10. The number of aromatic amines is 1. The average Bonchev–Trinajstić information content (AvgIpc) is 3.19. The standard InChI is InChI=1S/C23H17ClN4O4/c1-25-23(31)32-22-27-18-10-9-13(11-19(18)28-22)20(29)16-7-2-3-8-17(16)21(30)26-15-6-4-5-14(24)12-15/h2-12H,1H3,(H,25,31)(H,26,30)(H,27,28). The largest absolute Gasteiger partial charge is 0.414 e. The molecule has 1 heterocycles. The first-order chi connectivity index (χ1) is 15.4. The number of halogens is 1. The molecule has 0 aliphatic carbocycles. The van der Waals surface area contributed by atoms with Crippen LogP contribution < -0.4 is 15.4 Å². The van der Waals surface area contributed by atoms with E-state index in [1.165, 1.54) is 7.05 Å². The van der Waals surface area contributed by atoms with Crippen LogP contribution >= 0.6 is 11.6 Å². The van der Waals surface area contributed by atoms with E-state index in [-0.39, 0.29) is 22.9 Å². The van der Waals surface area contributed by atoms with E-state index in [4.69, 9.17) is 16.3 Å². The number of hydrogen-bond donors (Lipinski definition) is 3. The summed E-state index contributed by atoms with van der Waals surface area (Å²) in [6, 6.07) is 18.1. The minimum atomic E-state index is -0.667. The SMILES string of the molecule is CNC(=O)Oc1nc2ccc(C(=O)c3ccccc3C(=O)Nc3cccc(Cl)c3)cc2[nH]1. The van der Waals surface area contributed by atoms with Crippen LogP contribution in [0.5, 0.6) is 6.01 Å². The van der Waals surface area contributed by atoms with E-state index in [0.29, 0.717) is 27.3 Å². The number of carbonyl (C=O) groups excluding carboxylic acids is 3. The lowest BCUT2D eigenvalue weighted by Crippen LogP contribution is -2.22. The van der Waals surface area contributed by atoms with Crippen molar-refractivity contribution in [1.29, 1.82) is 0 Å². The van der Waals surface area contributed by atoms with Crippen LogP contribution in [0.4, 0.5) is 10.5 Å². The molecule has 3 aromatic carbocycles. The molecule has 0 unspecified atom stereocenters. The molecule has 3 N–H and O–H groups in total. The predicted molar refractivity (Wildman–Crippen MR) is 120 cm³/mol. The molecule has 0 spiro atoms. The molecule has 0 saturated heterocycles. The number of benzene rings is 3. The summed E-state index contributed by atoms with van der Waals surface area (Å²) in [6.45, 7) is 0. The monoisotopic (exact) mass is 448 g/mol. The maximum absolute atomic E-state index is 13.2. The van der Waals surface area contributed by atoms with Gasteiger partial charge < -0.3 is 20.4 Å². The van der Waals surface area contributed by atoms with Crippen molar-refractivity contribution in [2.45, 2.75) is 0 Å². The summed E-state index contributed by atoms with van der Waals surface area (Å²) in [5.74, 6) is -0.771. The van der Waals surface area contributed by atoms with Crippen LogP contribution in [-0.4, -0.2) is 34.8 Å². The van der Waals surface area contributed by atoms with Gasteiger partial charge in [0.15, 0.2) is 5.78 Å². The van der Waals surface area contributed by atoms with Gasteiger partial charge in [-0.25, -0.2) is 4.79 Å². The number of ketones is 1. The Balaban J connectivity index is 1.62. The Morgan fingerprint density at radius 3 is 2.50 bits per heavy atom. The van der Waals surface area contributed by atoms with Crippen molar-refractivity contribution in [1.82, 2.24) is 15.3 Å². The maximum Gasteiger partial charge on any atom is 0.414 e. The third-order valence-electron chi connectivity index (χ3n) is 4.61. The van der Waals surface area contributed by atoms with Gasteiger partial charge >= 0.3 is 12.1 Å². The second kappa shape index (κ2) is 8.91. The molecular weight excluding hydrogens is 432 g/mol. The summed E-state index contributed by atoms with van der Waals surface area (Å²) in [5.41, 5.74) is 2.37. The van der Waals surface area contributed by atoms with Gasteiger partial charge in [-0.3, -0.25) is 9.59 Å². The zero-order valence-electron chi connectivity index (χ0n) is 16.8. The lowest BCUT2D eigenvalue weighted by molar-refractivity contribution is 0.0996. The molecule has 0 aliphatic rings. The first-order valence-electron chi connectivity index (χ1n) is 9.54. The molecule has 0 aliphatic heterocycles. The molecular formula is C23H17ClN4O4. The van der Waals surface area contributed by atoms with Gasteiger partial charge in [-0.2, -0.15) is 4.98 Å². The number of hydrogen-bond acceptors (Lipinski definition) is 5. The summed E-state index contributed by atoms with van der Waals surface area (Å²) in [5, 5.41) is 5.57. The highest BCUT2D eigenvalue weighted by Crippen LogP contribution is 2.22. The first kappa shape index (κ1) is 21.1. The van der Waals surface area contributed by atoms with Crippen molar-refractivity contribution in [3.8, 4) is 6.01 Å². The fraction of sp³-hybridized carbons (Fsp3) is 0.0435. The summed E-state index contributed by atoms with van der Waals surface area (Å²) >= 11 is 5.98. The van der Waals surface area contributed by atoms with Crippen LogP contribution in [0.1, 0.15) is 26.3 Å². The Morgan fingerprint density at radius 1 is 0.969 bits per heavy atom. The molecule has 160 valence electrons. The molecule has 2 amide bonds. The van der Waals surface area contributed by atoms with Gasteiger partial charge in [-0.1, -0.05) is 35.9 Å². The van der Waals surface area contributed by atoms with E-state index in [9.17, 15) is 14.4 Å². The van der Waals surface area contributed by atoms with Gasteiger partial charge in [0.2, 0.25) is 0 Å². The summed E-state index contributed by atoms with van der Waals surface area (Å²) < 4.78 is 4.99. The van der Waals surface area contributed by atoms with E-state index in [2.05, 4.69) is 20.6 Å². The smallest absolute Gasteiger partial charge is 0.375 e. The van der Waals surface area contributed by atoms with Crippen molar-refractivity contribution in [3.63, 3.8) is 0 Å². The summed E-state index contributed by atoms with van der Waals surface area (Å²) in [4.78, 5) is 44.4. The molecule has 0 atom stereocenters. The number of nitrogens with one attached hydrogen (secondary N) is 3. The van der Waals surface area contributed by atoms with Crippen LogP contribution in [-0.2, 0) is 0 Å². The van der Waals surface area contributed by atoms with E-state index in [1.807, 2.05) is 0 Å². The van der Waals surface area contributed by atoms with Crippen molar-refractivity contribution < 1.29 is 19.1 Å². The third-order valence-corrected chi connectivity index (χ3v) is 4.85. The number of H-pyrrole nitrogens is 1. The van der Waals surface area contributed by atoms with Crippen LogP contribution in [0.3, 0.4) is 0 Å². The molecule has 4 rings (SSSR count). The quantitative estimate of drug-likeness (QED) is 0.391. The Kier molecular flexibility index (Phi) is 5.87. The number of imidazole rings is 1. The predicted octanol–water partition coefficient (Wildman–Crippen LogP) is 4.42. The van der Waals surface area contributed by atoms with Crippen molar-refractivity contribution in [2.24, 2.45) is 0 Å². The second-order valence-corrected chi connectivity index (χ2v) is 7.19. The molecule has 1 aromatic heterocycles. The number of carbonyl (C=O) groups is 3. The van der Waals surface area contributed by atoms with Crippen LogP contribution in [0, 0.1) is 0 Å². The number of nitrogens with zero attached hydrogens (tertiary/aromatic N) is 1. The number of amides is 2. The Labute approximate surface area is 187 Å². The number of fused-ring (bicyclic) bond motifs is 1. The molecule has 4 aromatic rings. The zero-order chi connectivity index (χ0) is 22.7. The van der Waals surface area contributed by atoms with Gasteiger partial charge in [0.05, 0.1) is 16.6 Å². The Morgan fingerprint density at radius 2 is 1.75 bits per heavy atom. The fourth-order valence-electron chi connectivity index (χ4n) is 3.11. The highest BCUT2D eigenvalue weighted by Gasteiger charge is 2.19. The Bertz CT molecular complexity index is 1350. The average molecular weight is 449 g/mol. The van der Waals surface area contributed by atoms with Crippen molar-refractivity contribution >= 4 is 46.1 Å². The molecule has 0 bridgehead atoms. The number of aromatic nitrogens is 2. The van der Waals surface area contributed by atoms with Gasteiger partial charge in [-0.15, -0.1) is 0 Å². The van der Waals surface area contributed by atoms with Crippen LogP contribution in [0.2, 0.25) is 5.02 Å². The number of ether oxygens (including phenoxy) is 1. The molecule has 0 fully saturated rings. The van der Waals surface area contributed by atoms with Gasteiger partial charge in [0, 0.05) is 28.9 Å². The Hall–Kier alpha value is -4.17. The van der Waals surface area contributed by atoms with E-state index in [1.54, 1.807) is 66.7 Å². The highest BCUT2D eigenvalue weighted by atomic mass is 35.5. The molecule has 32 heavy (non-hydrogen) atoms. The topological polar surface area (TPSA) is 113 Å². The van der Waals surface area contributed by atoms with Crippen LogP contribution in [0.25, 0.3) is 11.0 Å². The lowest BCUT2D eigenvalue weighted by atomic mass is 9.97. The van der Waals surface area contributed by atoms with E-state index < -0.39 is 12.0 Å². The van der Waals surface area contributed by atoms with Gasteiger partial charge in [-0.05, 0) is 42.5 Å². The van der Waals surface area contributed by atoms with Crippen LogP contribution in [0.15, 0.2) is 66.7 Å². The normalized spacial score (nSPS) is 10.6. The minimum absolute atomic E-state index is 0.00486. The van der Waals surface area contributed by atoms with Crippen molar-refractivity contribution in [2.75, 3.05) is 12.4 Å². The molecule has 8 nitrogen and oxygen atoms in total. The number of anilines is 1. The highest BCUT2D eigenvalue weighted by molar-refractivity contribution is 6.31. The molecule has 0 radical (unpaired) electrons. The third kappa shape index (κ3) is 4.45. The number of rotatable bonds is 5. The van der Waals surface area contributed by atoms with Crippen molar-refractivity contribution in [3.05, 3.63) is 88.4 Å². The molecule has 9 heteroatoms. The zero-order valence-corrected chi connectivity index (χ0v) is 17.6. The van der Waals surface area contributed by atoms with E-state index in [0.717, 1.165) is 0 Å². The first-order valence-corrected chi connectivity index (χ1v) is 9.92. The second-order valence-electron chi connectivity index (χ2n) is 6.75. The van der Waals surface area contributed by atoms with Gasteiger partial charge in [0.1, 0.15) is 0 Å². The fourth-order valence-corrected chi connectivity index (χ4v) is 3.30. The van der Waals surface area contributed by atoms with Gasteiger partial charge in [0.25, 0.3) is 5.91 Å². The maximum atomic E-state index is 13.2.